The van der Waals surface area contributed by atoms with Gasteiger partial charge in [0.25, 0.3) is 0 Å². The van der Waals surface area contributed by atoms with Gasteiger partial charge in [-0.2, -0.15) is 0 Å². The Morgan fingerprint density at radius 3 is 2.44 bits per heavy atom. The van der Waals surface area contributed by atoms with Crippen LogP contribution in [-0.4, -0.2) is 39.0 Å². The van der Waals surface area contributed by atoms with E-state index in [4.69, 9.17) is 9.47 Å². The molecule has 0 saturated carbocycles. The van der Waals surface area contributed by atoms with Crippen LogP contribution in [0, 0.1) is 5.82 Å². The molecule has 0 radical (unpaired) electrons. The molecule has 1 rings (SSSR count). The summed E-state index contributed by atoms with van der Waals surface area (Å²) in [6.07, 6.45) is 2.85. The molecule has 0 heterocycles. The lowest BCUT2D eigenvalue weighted by molar-refractivity contribution is 0.104. The molecule has 1 aromatic rings. The molecule has 0 unspecified atom stereocenters. The normalized spacial score (nSPS) is 10.5. The van der Waals surface area contributed by atoms with E-state index >= 15 is 0 Å². The minimum Gasteiger partial charge on any atom is -0.493 e. The number of benzene rings is 1. The fraction of sp³-hybridized carbons (Fsp3) is 0.308. The van der Waals surface area contributed by atoms with Crippen molar-refractivity contribution in [2.45, 2.75) is 0 Å². The summed E-state index contributed by atoms with van der Waals surface area (Å²) in [6.45, 7) is 0. The third-order valence-corrected chi connectivity index (χ3v) is 2.27. The smallest absolute Gasteiger partial charge is 0.197 e. The molecular weight excluding hydrogens is 237 g/mol. The van der Waals surface area contributed by atoms with Crippen molar-refractivity contribution < 1.29 is 18.7 Å². The number of ketones is 1. The second-order valence-electron chi connectivity index (χ2n) is 3.81. The maximum atomic E-state index is 14.0. The standard InChI is InChI=1S/C13H16FNO3/c1-15(2)8-7-10(16)9-5-6-11(17-3)13(18-4)12(9)14/h5-8H,1-4H3/b8-7+. The minimum absolute atomic E-state index is 0.0502. The van der Waals surface area contributed by atoms with Crippen LogP contribution in [0.4, 0.5) is 4.39 Å². The van der Waals surface area contributed by atoms with E-state index in [9.17, 15) is 9.18 Å². The van der Waals surface area contributed by atoms with Crippen molar-refractivity contribution in [3.8, 4) is 11.5 Å². The minimum atomic E-state index is -0.717. The van der Waals surface area contributed by atoms with Gasteiger partial charge in [-0.1, -0.05) is 0 Å². The van der Waals surface area contributed by atoms with Gasteiger partial charge in [-0.3, -0.25) is 4.79 Å². The lowest BCUT2D eigenvalue weighted by atomic mass is 10.1. The van der Waals surface area contributed by atoms with E-state index in [0.717, 1.165) is 0 Å². The van der Waals surface area contributed by atoms with Crippen LogP contribution in [-0.2, 0) is 0 Å². The Bertz CT molecular complexity index is 470. The number of methoxy groups -OCH3 is 2. The summed E-state index contributed by atoms with van der Waals surface area (Å²) >= 11 is 0. The van der Waals surface area contributed by atoms with Crippen molar-refractivity contribution in [3.63, 3.8) is 0 Å². The van der Waals surface area contributed by atoms with E-state index in [2.05, 4.69) is 0 Å². The second kappa shape index (κ2) is 6.05. The highest BCUT2D eigenvalue weighted by Crippen LogP contribution is 2.32. The summed E-state index contributed by atoms with van der Waals surface area (Å²) in [6, 6.07) is 2.87. The van der Waals surface area contributed by atoms with Gasteiger partial charge < -0.3 is 14.4 Å². The summed E-state index contributed by atoms with van der Waals surface area (Å²) < 4.78 is 23.9. The van der Waals surface area contributed by atoms with E-state index < -0.39 is 11.6 Å². The summed E-state index contributed by atoms with van der Waals surface area (Å²) in [5, 5.41) is 0. The van der Waals surface area contributed by atoms with Crippen LogP contribution < -0.4 is 9.47 Å². The van der Waals surface area contributed by atoms with E-state index in [1.54, 1.807) is 25.2 Å². The zero-order chi connectivity index (χ0) is 13.7. The van der Waals surface area contributed by atoms with Crippen molar-refractivity contribution >= 4 is 5.78 Å². The van der Waals surface area contributed by atoms with E-state index in [0.29, 0.717) is 0 Å². The molecule has 0 aromatic heterocycles. The molecule has 0 saturated heterocycles. The number of carbonyl (C=O) groups excluding carboxylic acids is 1. The van der Waals surface area contributed by atoms with Crippen LogP contribution >= 0.6 is 0 Å². The predicted octanol–water partition coefficient (Wildman–Crippen LogP) is 2.10. The first kappa shape index (κ1) is 14.0. The molecule has 4 nitrogen and oxygen atoms in total. The largest absolute Gasteiger partial charge is 0.493 e. The van der Waals surface area contributed by atoms with E-state index in [1.165, 1.54) is 32.4 Å². The number of hydrogen-bond donors (Lipinski definition) is 0. The molecule has 0 amide bonds. The maximum absolute atomic E-state index is 14.0. The first-order valence-electron chi connectivity index (χ1n) is 5.30. The molecule has 0 aliphatic rings. The second-order valence-corrected chi connectivity index (χ2v) is 3.81. The molecule has 0 aliphatic heterocycles. The number of allylic oxidation sites excluding steroid dienone is 1. The van der Waals surface area contributed by atoms with E-state index in [-0.39, 0.29) is 17.1 Å². The Hall–Kier alpha value is -2.04. The Kier molecular flexibility index (Phi) is 4.71. The summed E-state index contributed by atoms with van der Waals surface area (Å²) in [5.74, 6) is -0.961. The lowest BCUT2D eigenvalue weighted by Crippen LogP contribution is -2.06. The van der Waals surface area contributed by atoms with Crippen LogP contribution in [0.15, 0.2) is 24.4 Å². The molecule has 5 heteroatoms. The molecule has 18 heavy (non-hydrogen) atoms. The molecular formula is C13H16FNO3. The van der Waals surface area contributed by atoms with Crippen LogP contribution in [0.2, 0.25) is 0 Å². The summed E-state index contributed by atoms with van der Waals surface area (Å²) in [7, 11) is 6.28. The van der Waals surface area contributed by atoms with Crippen molar-refractivity contribution in [3.05, 3.63) is 35.8 Å². The molecule has 0 aliphatic carbocycles. The van der Waals surface area contributed by atoms with Gasteiger partial charge >= 0.3 is 0 Å². The first-order chi connectivity index (χ1) is 8.51. The Morgan fingerprint density at radius 2 is 1.94 bits per heavy atom. The number of halogens is 1. The van der Waals surface area contributed by atoms with Crippen molar-refractivity contribution in [1.82, 2.24) is 4.90 Å². The van der Waals surface area contributed by atoms with E-state index in [1.807, 2.05) is 0 Å². The zero-order valence-corrected chi connectivity index (χ0v) is 10.9. The zero-order valence-electron chi connectivity index (χ0n) is 10.9. The average Bonchev–Trinajstić information content (AvgIpc) is 2.35. The van der Waals surface area contributed by atoms with Gasteiger partial charge in [-0.15, -0.1) is 0 Å². The highest BCUT2D eigenvalue weighted by Gasteiger charge is 2.18. The number of hydrogen-bond acceptors (Lipinski definition) is 4. The summed E-state index contributed by atoms with van der Waals surface area (Å²) in [5.41, 5.74) is -0.0502. The quantitative estimate of drug-likeness (QED) is 0.595. The SMILES string of the molecule is COc1ccc(C(=O)/C=C/N(C)C)c(F)c1OC. The fourth-order valence-corrected chi connectivity index (χ4v) is 1.39. The lowest BCUT2D eigenvalue weighted by Gasteiger charge is -2.10. The molecule has 0 atom stereocenters. The Morgan fingerprint density at radius 1 is 1.28 bits per heavy atom. The summed E-state index contributed by atoms with van der Waals surface area (Å²) in [4.78, 5) is 13.5. The van der Waals surface area contributed by atoms with Crippen molar-refractivity contribution in [1.29, 1.82) is 0 Å². The third kappa shape index (κ3) is 3.00. The molecule has 0 bridgehead atoms. The van der Waals surface area contributed by atoms with Crippen LogP contribution in [0.25, 0.3) is 0 Å². The van der Waals surface area contributed by atoms with Crippen molar-refractivity contribution in [2.75, 3.05) is 28.3 Å². The molecule has 1 aromatic carbocycles. The van der Waals surface area contributed by atoms with Gasteiger partial charge in [0.1, 0.15) is 0 Å². The number of carbonyl (C=O) groups is 1. The topological polar surface area (TPSA) is 38.8 Å². The molecule has 0 spiro atoms. The van der Waals surface area contributed by atoms with Gasteiger partial charge in [0.2, 0.25) is 0 Å². The average molecular weight is 253 g/mol. The Balaban J connectivity index is 3.15. The Labute approximate surface area is 106 Å². The van der Waals surface area contributed by atoms with Gasteiger partial charge in [0.05, 0.1) is 19.8 Å². The monoisotopic (exact) mass is 253 g/mol. The third-order valence-electron chi connectivity index (χ3n) is 2.27. The van der Waals surface area contributed by atoms with Crippen LogP contribution in [0.5, 0.6) is 11.5 Å². The van der Waals surface area contributed by atoms with Gasteiger partial charge in [0.15, 0.2) is 23.1 Å². The fourth-order valence-electron chi connectivity index (χ4n) is 1.39. The van der Waals surface area contributed by atoms with Gasteiger partial charge in [-0.25, -0.2) is 4.39 Å². The number of nitrogens with zero attached hydrogens (tertiary/aromatic N) is 1. The number of rotatable bonds is 5. The predicted molar refractivity (Wildman–Crippen MR) is 66.7 cm³/mol. The molecule has 0 fully saturated rings. The number of ether oxygens (including phenoxy) is 2. The first-order valence-corrected chi connectivity index (χ1v) is 5.30. The van der Waals surface area contributed by atoms with Crippen molar-refractivity contribution in [2.24, 2.45) is 0 Å². The molecule has 98 valence electrons. The molecule has 0 N–H and O–H groups in total. The van der Waals surface area contributed by atoms with Crippen LogP contribution in [0.3, 0.4) is 0 Å². The maximum Gasteiger partial charge on any atom is 0.197 e. The van der Waals surface area contributed by atoms with Gasteiger partial charge in [0, 0.05) is 26.4 Å². The van der Waals surface area contributed by atoms with Crippen LogP contribution in [0.1, 0.15) is 10.4 Å². The highest BCUT2D eigenvalue weighted by molar-refractivity contribution is 6.05. The van der Waals surface area contributed by atoms with Gasteiger partial charge in [-0.05, 0) is 12.1 Å². The highest BCUT2D eigenvalue weighted by atomic mass is 19.1.